The summed E-state index contributed by atoms with van der Waals surface area (Å²) in [5, 5.41) is 13.2. The zero-order valence-electron chi connectivity index (χ0n) is 13.4. The second-order valence-corrected chi connectivity index (χ2v) is 6.58. The molecule has 0 saturated heterocycles. The maximum absolute atomic E-state index is 12.6. The molecule has 0 bridgehead atoms. The van der Waals surface area contributed by atoms with Gasteiger partial charge in [-0.2, -0.15) is 0 Å². The number of nitrogens with one attached hydrogen (secondary N) is 1. The van der Waals surface area contributed by atoms with E-state index in [1.54, 1.807) is 18.4 Å². The first-order chi connectivity index (χ1) is 11.1. The van der Waals surface area contributed by atoms with Crippen LogP contribution in [0.1, 0.15) is 43.6 Å². The van der Waals surface area contributed by atoms with E-state index in [1.807, 2.05) is 25.1 Å². The number of amides is 1. The summed E-state index contributed by atoms with van der Waals surface area (Å²) in [4.78, 5) is 12.6. The Balaban J connectivity index is 1.54. The fraction of sp³-hybridized carbons (Fsp3) is 0.421. The fourth-order valence-corrected chi connectivity index (χ4v) is 2.99. The summed E-state index contributed by atoms with van der Waals surface area (Å²) in [7, 11) is 0. The third kappa shape index (κ3) is 3.82. The van der Waals surface area contributed by atoms with Gasteiger partial charge in [0.2, 0.25) is 5.91 Å². The maximum Gasteiger partial charge on any atom is 0.226 e. The lowest BCUT2D eigenvalue weighted by Gasteiger charge is -2.21. The summed E-state index contributed by atoms with van der Waals surface area (Å²) in [6.07, 6.45) is 3.95. The van der Waals surface area contributed by atoms with E-state index in [1.165, 1.54) is 5.56 Å². The molecular formula is C19H23NO3. The third-order valence-electron chi connectivity index (χ3n) is 4.55. The van der Waals surface area contributed by atoms with Crippen LogP contribution in [0.25, 0.3) is 0 Å². The highest BCUT2D eigenvalue weighted by atomic mass is 16.4. The Morgan fingerprint density at radius 1 is 1.26 bits per heavy atom. The molecule has 0 aliphatic heterocycles. The van der Waals surface area contributed by atoms with Crippen LogP contribution in [0.5, 0.6) is 0 Å². The van der Waals surface area contributed by atoms with E-state index in [4.69, 9.17) is 4.42 Å². The van der Waals surface area contributed by atoms with E-state index < -0.39 is 6.10 Å². The number of carbonyl (C=O) groups excluding carboxylic acids is 1. The summed E-state index contributed by atoms with van der Waals surface area (Å²) in [5.41, 5.74) is 0.939. The molecule has 2 unspecified atom stereocenters. The van der Waals surface area contributed by atoms with Crippen molar-refractivity contribution < 1.29 is 14.3 Å². The molecule has 1 heterocycles. The molecular weight excluding hydrogens is 290 g/mol. The number of rotatable bonds is 7. The van der Waals surface area contributed by atoms with Crippen molar-refractivity contribution in [3.05, 3.63) is 60.1 Å². The summed E-state index contributed by atoms with van der Waals surface area (Å²) < 4.78 is 5.20. The van der Waals surface area contributed by atoms with E-state index in [9.17, 15) is 9.90 Å². The summed E-state index contributed by atoms with van der Waals surface area (Å²) >= 11 is 0. The normalized spacial score (nSPS) is 18.2. The molecule has 1 saturated carbocycles. The molecule has 122 valence electrons. The van der Waals surface area contributed by atoms with E-state index in [0.29, 0.717) is 12.2 Å². The third-order valence-corrected chi connectivity index (χ3v) is 4.55. The molecule has 1 amide bonds. The van der Waals surface area contributed by atoms with Crippen molar-refractivity contribution >= 4 is 5.91 Å². The molecule has 0 radical (unpaired) electrons. The Bertz CT molecular complexity index is 632. The van der Waals surface area contributed by atoms with Crippen LogP contribution in [-0.4, -0.2) is 17.1 Å². The van der Waals surface area contributed by atoms with Crippen LogP contribution in [0.3, 0.4) is 0 Å². The van der Waals surface area contributed by atoms with Gasteiger partial charge in [-0.15, -0.1) is 0 Å². The predicted octanol–water partition coefficient (Wildman–Crippen LogP) is 3.23. The number of carbonyl (C=O) groups is 1. The standard InChI is InChI=1S/C19H23NO3/c1-14(12-16(21)17-8-5-11-23-17)20-18(22)19(9-10-19)13-15-6-3-2-4-7-15/h2-8,11,14,16,21H,9-10,12-13H2,1H3,(H,20,22). The van der Waals surface area contributed by atoms with Crippen molar-refractivity contribution in [3.63, 3.8) is 0 Å². The van der Waals surface area contributed by atoms with Gasteiger partial charge in [0.05, 0.1) is 11.7 Å². The SMILES string of the molecule is CC(CC(O)c1ccco1)NC(=O)C1(Cc2ccccc2)CC1. The average Bonchev–Trinajstić information content (AvgIpc) is 3.11. The molecule has 1 fully saturated rings. The van der Waals surface area contributed by atoms with E-state index >= 15 is 0 Å². The minimum absolute atomic E-state index is 0.0977. The molecule has 1 aliphatic carbocycles. The minimum Gasteiger partial charge on any atom is -0.467 e. The average molecular weight is 313 g/mol. The van der Waals surface area contributed by atoms with Crippen LogP contribution in [0, 0.1) is 5.41 Å². The first-order valence-corrected chi connectivity index (χ1v) is 8.15. The number of aliphatic hydroxyl groups excluding tert-OH is 1. The zero-order chi connectivity index (χ0) is 16.3. The topological polar surface area (TPSA) is 62.5 Å². The van der Waals surface area contributed by atoms with Crippen molar-refractivity contribution in [2.45, 2.75) is 44.8 Å². The van der Waals surface area contributed by atoms with Gasteiger partial charge in [-0.3, -0.25) is 4.79 Å². The molecule has 1 aromatic heterocycles. The Kier molecular flexibility index (Phi) is 4.53. The number of benzene rings is 1. The molecule has 1 aliphatic rings. The van der Waals surface area contributed by atoms with Gasteiger partial charge in [0.1, 0.15) is 11.9 Å². The van der Waals surface area contributed by atoms with Crippen LogP contribution in [0.15, 0.2) is 53.1 Å². The van der Waals surface area contributed by atoms with Crippen molar-refractivity contribution in [1.29, 1.82) is 0 Å². The molecule has 2 N–H and O–H groups in total. The maximum atomic E-state index is 12.6. The fourth-order valence-electron chi connectivity index (χ4n) is 2.99. The van der Waals surface area contributed by atoms with Gasteiger partial charge in [0.15, 0.2) is 0 Å². The number of hydrogen-bond acceptors (Lipinski definition) is 3. The molecule has 1 aromatic carbocycles. The first kappa shape index (κ1) is 15.8. The number of hydrogen-bond donors (Lipinski definition) is 2. The van der Waals surface area contributed by atoms with E-state index in [0.717, 1.165) is 19.3 Å². The second-order valence-electron chi connectivity index (χ2n) is 6.58. The van der Waals surface area contributed by atoms with E-state index in [2.05, 4.69) is 17.4 Å². The quantitative estimate of drug-likeness (QED) is 0.825. The van der Waals surface area contributed by atoms with Crippen molar-refractivity contribution in [1.82, 2.24) is 5.32 Å². The highest BCUT2D eigenvalue weighted by Crippen LogP contribution is 2.48. The molecule has 4 nitrogen and oxygen atoms in total. The molecule has 23 heavy (non-hydrogen) atoms. The first-order valence-electron chi connectivity index (χ1n) is 8.15. The molecule has 3 rings (SSSR count). The second kappa shape index (κ2) is 6.59. The van der Waals surface area contributed by atoms with Gasteiger partial charge in [-0.25, -0.2) is 0 Å². The lowest BCUT2D eigenvalue weighted by molar-refractivity contribution is -0.127. The minimum atomic E-state index is -0.690. The van der Waals surface area contributed by atoms with Crippen LogP contribution >= 0.6 is 0 Å². The monoisotopic (exact) mass is 313 g/mol. The van der Waals surface area contributed by atoms with Crippen LogP contribution in [0.4, 0.5) is 0 Å². The van der Waals surface area contributed by atoms with Gasteiger partial charge in [-0.05, 0) is 43.9 Å². The van der Waals surface area contributed by atoms with Gasteiger partial charge in [0, 0.05) is 12.5 Å². The predicted molar refractivity (Wildman–Crippen MR) is 87.7 cm³/mol. The molecule has 4 heteroatoms. The molecule has 0 spiro atoms. The van der Waals surface area contributed by atoms with Crippen molar-refractivity contribution in [3.8, 4) is 0 Å². The number of furan rings is 1. The molecule has 2 aromatic rings. The Labute approximate surface area is 136 Å². The van der Waals surface area contributed by atoms with E-state index in [-0.39, 0.29) is 17.4 Å². The van der Waals surface area contributed by atoms with Crippen LogP contribution < -0.4 is 5.32 Å². The highest BCUT2D eigenvalue weighted by molar-refractivity contribution is 5.85. The lowest BCUT2D eigenvalue weighted by atomic mass is 9.95. The van der Waals surface area contributed by atoms with Crippen LogP contribution in [0.2, 0.25) is 0 Å². The highest BCUT2D eigenvalue weighted by Gasteiger charge is 2.49. The van der Waals surface area contributed by atoms with Gasteiger partial charge in [-0.1, -0.05) is 30.3 Å². The smallest absolute Gasteiger partial charge is 0.226 e. The van der Waals surface area contributed by atoms with Crippen molar-refractivity contribution in [2.75, 3.05) is 0 Å². The van der Waals surface area contributed by atoms with Crippen LogP contribution in [-0.2, 0) is 11.2 Å². The Morgan fingerprint density at radius 3 is 2.61 bits per heavy atom. The van der Waals surface area contributed by atoms with Gasteiger partial charge in [0.25, 0.3) is 0 Å². The Hall–Kier alpha value is -2.07. The molecule has 2 atom stereocenters. The summed E-state index contributed by atoms with van der Waals surface area (Å²) in [5.74, 6) is 0.636. The van der Waals surface area contributed by atoms with Crippen molar-refractivity contribution in [2.24, 2.45) is 5.41 Å². The lowest BCUT2D eigenvalue weighted by Crippen LogP contribution is -2.39. The van der Waals surface area contributed by atoms with Gasteiger partial charge < -0.3 is 14.8 Å². The summed E-state index contributed by atoms with van der Waals surface area (Å²) in [6.45, 7) is 1.92. The Morgan fingerprint density at radius 2 is 2.00 bits per heavy atom. The number of aliphatic hydroxyl groups is 1. The summed E-state index contributed by atoms with van der Waals surface area (Å²) in [6, 6.07) is 13.5. The van der Waals surface area contributed by atoms with Gasteiger partial charge >= 0.3 is 0 Å². The zero-order valence-corrected chi connectivity index (χ0v) is 13.4. The largest absolute Gasteiger partial charge is 0.467 e.